The van der Waals surface area contributed by atoms with Gasteiger partial charge in [0.05, 0.1) is 17.2 Å². The number of aryl methyl sites for hydroxylation is 1. The molecule has 1 heterocycles. The summed E-state index contributed by atoms with van der Waals surface area (Å²) in [6.45, 7) is 7.97. The normalized spacial score (nSPS) is 16.6. The molecule has 0 bridgehead atoms. The van der Waals surface area contributed by atoms with Gasteiger partial charge in [-0.05, 0) is 51.5 Å². The summed E-state index contributed by atoms with van der Waals surface area (Å²) in [6.07, 6.45) is 0.149. The Balaban J connectivity index is 1.74. The summed E-state index contributed by atoms with van der Waals surface area (Å²) in [5.74, 6) is -1.05. The molecule has 0 unspecified atom stereocenters. The number of para-hydroxylation sites is 2. The van der Waals surface area contributed by atoms with Crippen LogP contribution in [0.5, 0.6) is 0 Å². The van der Waals surface area contributed by atoms with E-state index in [9.17, 15) is 14.4 Å². The summed E-state index contributed by atoms with van der Waals surface area (Å²) >= 11 is 0. The van der Waals surface area contributed by atoms with Crippen LogP contribution in [-0.2, 0) is 9.59 Å². The average Bonchev–Trinajstić information content (AvgIpc) is 3.03. The number of anilines is 2. The van der Waals surface area contributed by atoms with Crippen molar-refractivity contribution < 1.29 is 14.4 Å². The summed E-state index contributed by atoms with van der Waals surface area (Å²) in [6, 6.07) is 14.5. The van der Waals surface area contributed by atoms with Crippen molar-refractivity contribution in [3.8, 4) is 0 Å². The van der Waals surface area contributed by atoms with Crippen LogP contribution in [0.15, 0.2) is 48.5 Å². The molecule has 6 heteroatoms. The van der Waals surface area contributed by atoms with Crippen LogP contribution >= 0.6 is 0 Å². The number of hydrogen-bond acceptors (Lipinski definition) is 3. The number of benzene rings is 2. The van der Waals surface area contributed by atoms with Crippen molar-refractivity contribution in [2.75, 3.05) is 16.8 Å². The molecule has 1 fully saturated rings. The minimum absolute atomic E-state index is 0.0711. The van der Waals surface area contributed by atoms with Gasteiger partial charge in [-0.3, -0.25) is 14.4 Å². The molecule has 0 radical (unpaired) electrons. The molecule has 29 heavy (non-hydrogen) atoms. The lowest BCUT2D eigenvalue weighted by atomic mass is 10.1. The van der Waals surface area contributed by atoms with E-state index in [0.717, 1.165) is 11.3 Å². The molecule has 0 aliphatic carbocycles. The van der Waals surface area contributed by atoms with Gasteiger partial charge in [0, 0.05) is 24.2 Å². The smallest absolute Gasteiger partial charge is 0.253 e. The van der Waals surface area contributed by atoms with Crippen LogP contribution in [0.2, 0.25) is 0 Å². The third-order valence-electron chi connectivity index (χ3n) is 4.82. The maximum absolute atomic E-state index is 12.9. The maximum Gasteiger partial charge on any atom is 0.253 e. The van der Waals surface area contributed by atoms with Gasteiger partial charge in [0.25, 0.3) is 5.91 Å². The van der Waals surface area contributed by atoms with Gasteiger partial charge in [-0.15, -0.1) is 0 Å². The SMILES string of the molecule is Cc1ccccc1N1C[C@@H](C(=O)Nc2ccccc2C(=O)NC(C)(C)C)CC1=O. The minimum atomic E-state index is -0.471. The Morgan fingerprint density at radius 2 is 1.69 bits per heavy atom. The number of carbonyl (C=O) groups is 3. The lowest BCUT2D eigenvalue weighted by molar-refractivity contribution is -0.122. The van der Waals surface area contributed by atoms with Crippen molar-refractivity contribution in [2.45, 2.75) is 39.7 Å². The lowest BCUT2D eigenvalue weighted by Gasteiger charge is -2.22. The Morgan fingerprint density at radius 1 is 1.03 bits per heavy atom. The monoisotopic (exact) mass is 393 g/mol. The maximum atomic E-state index is 12.9. The van der Waals surface area contributed by atoms with Crippen LogP contribution in [0, 0.1) is 12.8 Å². The predicted octanol–water partition coefficient (Wildman–Crippen LogP) is 3.51. The minimum Gasteiger partial charge on any atom is -0.347 e. The third-order valence-corrected chi connectivity index (χ3v) is 4.82. The average molecular weight is 393 g/mol. The predicted molar refractivity (Wildman–Crippen MR) is 114 cm³/mol. The molecule has 1 saturated heterocycles. The molecule has 3 rings (SSSR count). The first-order valence-corrected chi connectivity index (χ1v) is 9.74. The third kappa shape index (κ3) is 4.83. The molecular weight excluding hydrogens is 366 g/mol. The van der Waals surface area contributed by atoms with Crippen LogP contribution in [0.3, 0.4) is 0 Å². The second kappa shape index (κ2) is 8.07. The van der Waals surface area contributed by atoms with E-state index in [-0.39, 0.29) is 29.7 Å². The van der Waals surface area contributed by atoms with Crippen LogP contribution in [0.1, 0.15) is 43.1 Å². The molecule has 2 N–H and O–H groups in total. The van der Waals surface area contributed by atoms with Crippen LogP contribution < -0.4 is 15.5 Å². The molecule has 3 amide bonds. The number of nitrogens with one attached hydrogen (secondary N) is 2. The Morgan fingerprint density at radius 3 is 2.38 bits per heavy atom. The highest BCUT2D eigenvalue weighted by molar-refractivity contribution is 6.07. The molecule has 6 nitrogen and oxygen atoms in total. The van der Waals surface area contributed by atoms with E-state index >= 15 is 0 Å². The zero-order valence-corrected chi connectivity index (χ0v) is 17.3. The largest absolute Gasteiger partial charge is 0.347 e. The van der Waals surface area contributed by atoms with E-state index in [2.05, 4.69) is 10.6 Å². The van der Waals surface area contributed by atoms with Crippen molar-refractivity contribution in [3.05, 3.63) is 59.7 Å². The molecule has 1 aliphatic heterocycles. The summed E-state index contributed by atoms with van der Waals surface area (Å²) in [5, 5.41) is 5.76. The molecule has 0 aromatic heterocycles. The first kappa shape index (κ1) is 20.6. The topological polar surface area (TPSA) is 78.5 Å². The number of rotatable bonds is 4. The van der Waals surface area contributed by atoms with Gasteiger partial charge in [-0.2, -0.15) is 0 Å². The standard InChI is InChI=1S/C23H27N3O3/c1-15-9-5-8-12-19(15)26-14-16(13-20(26)27)21(28)24-18-11-7-6-10-17(18)22(29)25-23(2,3)4/h5-12,16H,13-14H2,1-4H3,(H,24,28)(H,25,29)/t16-/m0/s1. The van der Waals surface area contributed by atoms with Gasteiger partial charge in [0.2, 0.25) is 11.8 Å². The van der Waals surface area contributed by atoms with Crippen molar-refractivity contribution in [1.29, 1.82) is 0 Å². The summed E-state index contributed by atoms with van der Waals surface area (Å²) in [7, 11) is 0. The van der Waals surface area contributed by atoms with E-state index in [4.69, 9.17) is 0 Å². The van der Waals surface area contributed by atoms with Crippen LogP contribution in [0.25, 0.3) is 0 Å². The fraction of sp³-hybridized carbons (Fsp3) is 0.348. The van der Waals surface area contributed by atoms with E-state index < -0.39 is 5.92 Å². The molecule has 0 spiro atoms. The van der Waals surface area contributed by atoms with Crippen LogP contribution in [-0.4, -0.2) is 29.8 Å². The highest BCUT2D eigenvalue weighted by Gasteiger charge is 2.36. The first-order chi connectivity index (χ1) is 13.7. The Labute approximate surface area is 171 Å². The zero-order valence-electron chi connectivity index (χ0n) is 17.3. The first-order valence-electron chi connectivity index (χ1n) is 9.74. The fourth-order valence-corrected chi connectivity index (χ4v) is 3.42. The summed E-state index contributed by atoms with van der Waals surface area (Å²) in [5.41, 5.74) is 2.28. The summed E-state index contributed by atoms with van der Waals surface area (Å²) in [4.78, 5) is 39.6. The molecule has 1 atom stereocenters. The van der Waals surface area contributed by atoms with Gasteiger partial charge in [0.1, 0.15) is 0 Å². The van der Waals surface area contributed by atoms with Crippen molar-refractivity contribution >= 4 is 29.1 Å². The van der Waals surface area contributed by atoms with Gasteiger partial charge in [-0.25, -0.2) is 0 Å². The lowest BCUT2D eigenvalue weighted by Crippen LogP contribution is -2.41. The Bertz CT molecular complexity index is 946. The molecule has 0 saturated carbocycles. The molecule has 1 aliphatic rings. The Hall–Kier alpha value is -3.15. The quantitative estimate of drug-likeness (QED) is 0.834. The number of carbonyl (C=O) groups excluding carboxylic acids is 3. The molecule has 152 valence electrons. The zero-order chi connectivity index (χ0) is 21.2. The molecular formula is C23H27N3O3. The second-order valence-corrected chi connectivity index (χ2v) is 8.43. The fourth-order valence-electron chi connectivity index (χ4n) is 3.42. The van der Waals surface area contributed by atoms with Gasteiger partial charge in [0.15, 0.2) is 0 Å². The van der Waals surface area contributed by atoms with Crippen molar-refractivity contribution in [3.63, 3.8) is 0 Å². The highest BCUT2D eigenvalue weighted by Crippen LogP contribution is 2.28. The second-order valence-electron chi connectivity index (χ2n) is 8.43. The van der Waals surface area contributed by atoms with Gasteiger partial charge < -0.3 is 15.5 Å². The van der Waals surface area contributed by atoms with Gasteiger partial charge >= 0.3 is 0 Å². The van der Waals surface area contributed by atoms with E-state index in [1.807, 2.05) is 52.0 Å². The van der Waals surface area contributed by atoms with E-state index in [1.165, 1.54) is 0 Å². The molecule has 2 aromatic carbocycles. The highest BCUT2D eigenvalue weighted by atomic mass is 16.2. The van der Waals surface area contributed by atoms with Gasteiger partial charge in [-0.1, -0.05) is 30.3 Å². The van der Waals surface area contributed by atoms with E-state index in [0.29, 0.717) is 17.8 Å². The van der Waals surface area contributed by atoms with Crippen LogP contribution in [0.4, 0.5) is 11.4 Å². The number of amides is 3. The molecule has 2 aromatic rings. The van der Waals surface area contributed by atoms with Crippen molar-refractivity contribution in [2.24, 2.45) is 5.92 Å². The van der Waals surface area contributed by atoms with Crippen molar-refractivity contribution in [1.82, 2.24) is 5.32 Å². The number of hydrogen-bond donors (Lipinski definition) is 2. The van der Waals surface area contributed by atoms with E-state index in [1.54, 1.807) is 29.2 Å². The summed E-state index contributed by atoms with van der Waals surface area (Å²) < 4.78 is 0. The number of nitrogens with zero attached hydrogens (tertiary/aromatic N) is 1. The Kier molecular flexibility index (Phi) is 5.73.